The first kappa shape index (κ1) is 29.7. The monoisotopic (exact) mass is 534 g/mol. The van der Waals surface area contributed by atoms with Gasteiger partial charge in [-0.15, -0.1) is 0 Å². The molecule has 15 heteroatoms. The van der Waals surface area contributed by atoms with Crippen molar-refractivity contribution >= 4 is 29.7 Å². The number of nitrogens with zero attached hydrogens (tertiary/aromatic N) is 1. The van der Waals surface area contributed by atoms with Crippen LogP contribution < -0.4 is 21.7 Å². The van der Waals surface area contributed by atoms with E-state index in [-0.39, 0.29) is 18.6 Å². The summed E-state index contributed by atoms with van der Waals surface area (Å²) in [4.78, 5) is 67.8. The number of aliphatic hydroxyl groups excluding tert-OH is 1. The molecule has 0 aliphatic carbocycles. The topological polar surface area (TPSA) is 257 Å². The third-order valence-corrected chi connectivity index (χ3v) is 5.44. The molecule has 0 aliphatic heterocycles. The summed E-state index contributed by atoms with van der Waals surface area (Å²) in [5.41, 5.74) is 6.60. The van der Waals surface area contributed by atoms with Crippen LogP contribution >= 0.6 is 0 Å². The third kappa shape index (κ3) is 9.18. The number of aliphatic hydroxyl groups is 1. The van der Waals surface area contributed by atoms with Crippen LogP contribution in [0, 0.1) is 0 Å². The van der Waals surface area contributed by atoms with Gasteiger partial charge in [0.1, 0.15) is 29.9 Å². The van der Waals surface area contributed by atoms with Crippen molar-refractivity contribution in [3.63, 3.8) is 0 Å². The summed E-state index contributed by atoms with van der Waals surface area (Å²) < 4.78 is 0. The van der Waals surface area contributed by atoms with Crippen LogP contribution in [0.5, 0.6) is 5.75 Å². The smallest absolute Gasteiger partial charge is 0.326 e. The number of H-pyrrole nitrogens is 1. The molecule has 0 fully saturated rings. The molecule has 1 aromatic carbocycles. The lowest BCUT2D eigenvalue weighted by atomic mass is 10.0. The van der Waals surface area contributed by atoms with Crippen molar-refractivity contribution in [3.8, 4) is 5.75 Å². The van der Waals surface area contributed by atoms with Gasteiger partial charge in [0.2, 0.25) is 17.7 Å². The van der Waals surface area contributed by atoms with Crippen LogP contribution in [0.3, 0.4) is 0 Å². The van der Waals surface area contributed by atoms with E-state index < -0.39 is 66.4 Å². The fourth-order valence-electron chi connectivity index (χ4n) is 3.31. The second-order valence-electron chi connectivity index (χ2n) is 8.54. The summed E-state index contributed by atoms with van der Waals surface area (Å²) in [7, 11) is 0. The number of carbonyl (C=O) groups excluding carboxylic acids is 3. The van der Waals surface area contributed by atoms with Gasteiger partial charge in [-0.3, -0.25) is 19.2 Å². The normalized spacial score (nSPS) is 14.8. The maximum atomic E-state index is 13.3. The molecule has 5 atom stereocenters. The number of phenols is 1. The number of carbonyl (C=O) groups is 5. The minimum Gasteiger partial charge on any atom is -0.508 e. The number of aromatic hydroxyl groups is 1. The van der Waals surface area contributed by atoms with Crippen molar-refractivity contribution in [1.29, 1.82) is 0 Å². The number of rotatable bonds is 14. The van der Waals surface area contributed by atoms with Crippen LogP contribution in [0.4, 0.5) is 0 Å². The van der Waals surface area contributed by atoms with Gasteiger partial charge in [-0.25, -0.2) is 9.78 Å². The molecule has 38 heavy (non-hydrogen) atoms. The predicted molar refractivity (Wildman–Crippen MR) is 129 cm³/mol. The molecule has 0 bridgehead atoms. The molecule has 5 unspecified atom stereocenters. The van der Waals surface area contributed by atoms with Crippen LogP contribution in [0.25, 0.3) is 0 Å². The van der Waals surface area contributed by atoms with Crippen LogP contribution in [-0.4, -0.2) is 90.3 Å². The van der Waals surface area contributed by atoms with E-state index in [1.165, 1.54) is 43.7 Å². The van der Waals surface area contributed by atoms with Gasteiger partial charge in [-0.05, 0) is 24.6 Å². The number of imidazole rings is 1. The highest BCUT2D eigenvalue weighted by atomic mass is 16.4. The van der Waals surface area contributed by atoms with Crippen molar-refractivity contribution < 1.29 is 44.4 Å². The number of nitrogens with two attached hydrogens (primary N) is 1. The summed E-state index contributed by atoms with van der Waals surface area (Å²) in [5.74, 6) is -5.76. The molecule has 0 saturated carbocycles. The van der Waals surface area contributed by atoms with Crippen molar-refractivity contribution in [1.82, 2.24) is 25.9 Å². The van der Waals surface area contributed by atoms with E-state index in [0.717, 1.165) is 0 Å². The number of carboxylic acids is 2. The Kier molecular flexibility index (Phi) is 10.7. The fourth-order valence-corrected chi connectivity index (χ4v) is 3.31. The number of phenolic OH excluding ortho intramolecular Hbond substituents is 1. The zero-order valence-corrected chi connectivity index (χ0v) is 20.3. The summed E-state index contributed by atoms with van der Waals surface area (Å²) >= 11 is 0. The summed E-state index contributed by atoms with van der Waals surface area (Å²) in [6.45, 7) is 1.29. The van der Waals surface area contributed by atoms with Crippen LogP contribution in [0.1, 0.15) is 24.6 Å². The lowest BCUT2D eigenvalue weighted by Gasteiger charge is -2.25. The highest BCUT2D eigenvalue weighted by molar-refractivity contribution is 5.95. The second-order valence-corrected chi connectivity index (χ2v) is 8.54. The van der Waals surface area contributed by atoms with Gasteiger partial charge >= 0.3 is 11.9 Å². The molecule has 0 aliphatic rings. The number of benzene rings is 1. The molecule has 1 aromatic heterocycles. The van der Waals surface area contributed by atoms with E-state index in [1.54, 1.807) is 0 Å². The number of hydrogen-bond acceptors (Lipinski definition) is 9. The Hall–Kier alpha value is -4.50. The van der Waals surface area contributed by atoms with Gasteiger partial charge in [0.15, 0.2) is 0 Å². The number of aromatic nitrogens is 2. The largest absolute Gasteiger partial charge is 0.508 e. The molecule has 0 radical (unpaired) electrons. The van der Waals surface area contributed by atoms with Gasteiger partial charge in [0.25, 0.3) is 0 Å². The molecular weight excluding hydrogens is 504 g/mol. The van der Waals surface area contributed by atoms with E-state index in [4.69, 9.17) is 10.8 Å². The first-order valence-electron chi connectivity index (χ1n) is 11.4. The standard InChI is InChI=1S/C23H30N6O9/c1-11(30)19(24)22(36)28-15(6-12-2-4-14(31)5-3-12)20(34)27-16(7-13-9-25-10-26-13)21(35)29-17(23(37)38)8-18(32)33/h2-5,9-11,15-17,19,30-31H,6-8,24H2,1H3,(H,25,26)(H,27,34)(H,28,36)(H,29,35)(H,32,33)(H,37,38). The fraction of sp³-hybridized carbons (Fsp3) is 0.391. The Balaban J connectivity index is 2.30. The zero-order valence-electron chi connectivity index (χ0n) is 20.3. The Morgan fingerprint density at radius 2 is 1.47 bits per heavy atom. The Bertz CT molecular complexity index is 1120. The Morgan fingerprint density at radius 1 is 0.921 bits per heavy atom. The van der Waals surface area contributed by atoms with Gasteiger partial charge in [-0.2, -0.15) is 0 Å². The number of nitrogens with one attached hydrogen (secondary N) is 4. The first-order chi connectivity index (χ1) is 17.9. The SMILES string of the molecule is CC(O)C(N)C(=O)NC(Cc1ccc(O)cc1)C(=O)NC(Cc1cnc[nH]1)C(=O)NC(CC(=O)O)C(=O)O. The van der Waals surface area contributed by atoms with Gasteiger partial charge in [0, 0.05) is 24.7 Å². The second kappa shape index (κ2) is 13.7. The number of aromatic amines is 1. The van der Waals surface area contributed by atoms with E-state index in [9.17, 15) is 39.3 Å². The average molecular weight is 535 g/mol. The molecule has 1 heterocycles. The van der Waals surface area contributed by atoms with Gasteiger partial charge in [0.05, 0.1) is 18.9 Å². The Labute approximate surface area is 216 Å². The van der Waals surface area contributed by atoms with Crippen molar-refractivity contribution in [2.24, 2.45) is 5.73 Å². The van der Waals surface area contributed by atoms with Crippen molar-refractivity contribution in [2.45, 2.75) is 56.5 Å². The number of aliphatic carboxylic acids is 2. The van der Waals surface area contributed by atoms with E-state index >= 15 is 0 Å². The molecule has 3 amide bonds. The molecule has 206 valence electrons. The molecule has 15 nitrogen and oxygen atoms in total. The lowest BCUT2D eigenvalue weighted by molar-refractivity contribution is -0.147. The minimum absolute atomic E-state index is 0.0273. The van der Waals surface area contributed by atoms with Gasteiger partial charge < -0.3 is 47.1 Å². The highest BCUT2D eigenvalue weighted by Gasteiger charge is 2.32. The molecule has 2 aromatic rings. The van der Waals surface area contributed by atoms with Crippen LogP contribution in [0.15, 0.2) is 36.8 Å². The number of hydrogen-bond donors (Lipinski definition) is 9. The molecule has 2 rings (SSSR count). The zero-order chi connectivity index (χ0) is 28.4. The van der Waals surface area contributed by atoms with Crippen LogP contribution in [0.2, 0.25) is 0 Å². The van der Waals surface area contributed by atoms with E-state index in [2.05, 4.69) is 25.9 Å². The highest BCUT2D eigenvalue weighted by Crippen LogP contribution is 2.12. The maximum absolute atomic E-state index is 13.3. The number of carboxylic acid groups (broad SMARTS) is 2. The third-order valence-electron chi connectivity index (χ3n) is 5.44. The molecule has 10 N–H and O–H groups in total. The molecule has 0 spiro atoms. The molecular formula is C23H30N6O9. The van der Waals surface area contributed by atoms with Crippen molar-refractivity contribution in [2.75, 3.05) is 0 Å². The number of amides is 3. The van der Waals surface area contributed by atoms with Crippen LogP contribution in [-0.2, 0) is 36.8 Å². The van der Waals surface area contributed by atoms with E-state index in [0.29, 0.717) is 11.3 Å². The predicted octanol–water partition coefficient (Wildman–Crippen LogP) is -2.38. The lowest BCUT2D eigenvalue weighted by Crippen LogP contribution is -2.59. The molecule has 0 saturated heterocycles. The quantitative estimate of drug-likeness (QED) is 0.124. The average Bonchev–Trinajstić information content (AvgIpc) is 3.36. The van der Waals surface area contributed by atoms with Crippen molar-refractivity contribution in [3.05, 3.63) is 48.0 Å². The summed E-state index contributed by atoms with van der Waals surface area (Å²) in [6.07, 6.45) is 0.289. The van der Waals surface area contributed by atoms with E-state index in [1.807, 2.05) is 0 Å². The maximum Gasteiger partial charge on any atom is 0.326 e. The Morgan fingerprint density at radius 3 is 1.97 bits per heavy atom. The summed E-state index contributed by atoms with van der Waals surface area (Å²) in [6, 6.07) is -0.0678. The minimum atomic E-state index is -1.77. The summed E-state index contributed by atoms with van der Waals surface area (Å²) in [5, 5.41) is 44.4. The first-order valence-corrected chi connectivity index (χ1v) is 11.4. The van der Waals surface area contributed by atoms with Gasteiger partial charge in [-0.1, -0.05) is 12.1 Å².